The molecular formula is C33H40N6O4S. The third-order valence-corrected chi connectivity index (χ3v) is 11.8. The number of hydrogen-bond acceptors (Lipinski definition) is 8. The highest BCUT2D eigenvalue weighted by molar-refractivity contribution is 7.91. The van der Waals surface area contributed by atoms with Gasteiger partial charge in [0, 0.05) is 49.4 Å². The molecule has 1 aromatic heterocycles. The highest BCUT2D eigenvalue weighted by Crippen LogP contribution is 2.50. The molecule has 3 fully saturated rings. The Morgan fingerprint density at radius 2 is 1.80 bits per heavy atom. The molecule has 3 aromatic rings. The lowest BCUT2D eigenvalue weighted by atomic mass is 9.59. The van der Waals surface area contributed by atoms with Gasteiger partial charge in [-0.05, 0) is 74.5 Å². The summed E-state index contributed by atoms with van der Waals surface area (Å²) in [5.74, 6) is 0.775. The minimum absolute atomic E-state index is 0.0341. The van der Waals surface area contributed by atoms with E-state index in [1.807, 2.05) is 30.3 Å². The fourth-order valence-corrected chi connectivity index (χ4v) is 8.95. The third kappa shape index (κ3) is 5.69. The van der Waals surface area contributed by atoms with E-state index in [9.17, 15) is 18.5 Å². The first-order chi connectivity index (χ1) is 21.3. The number of aromatic amines is 1. The smallest absolute Gasteiger partial charge is 0.407 e. The van der Waals surface area contributed by atoms with Crippen LogP contribution in [0.4, 0.5) is 10.5 Å². The van der Waals surface area contributed by atoms with Gasteiger partial charge in [0.2, 0.25) is 9.84 Å². The van der Waals surface area contributed by atoms with Crippen molar-refractivity contribution in [3.8, 4) is 6.07 Å². The number of nitrogens with one attached hydrogen (secondary N) is 2. The summed E-state index contributed by atoms with van der Waals surface area (Å²) in [6.45, 7) is 4.77. The van der Waals surface area contributed by atoms with Crippen LogP contribution < -0.4 is 10.2 Å². The number of carbonyl (C=O) groups excluding carboxylic acids is 1. The Morgan fingerprint density at radius 1 is 1.07 bits per heavy atom. The molecule has 1 amide bonds. The van der Waals surface area contributed by atoms with Crippen LogP contribution in [0.25, 0.3) is 0 Å². The second-order valence-corrected chi connectivity index (χ2v) is 14.4. The summed E-state index contributed by atoms with van der Waals surface area (Å²) in [5, 5.41) is 20.3. The van der Waals surface area contributed by atoms with Gasteiger partial charge in [0.1, 0.15) is 4.90 Å². The number of amides is 1. The van der Waals surface area contributed by atoms with E-state index in [1.54, 1.807) is 12.1 Å². The van der Waals surface area contributed by atoms with Gasteiger partial charge in [-0.25, -0.2) is 13.2 Å². The SMILES string of the molecule is COC(=O)NC1CCC[C@@H]1C(C#N)(c1ccccc1)C1CCN(CC2CN(c3ccc(S(=O)(=O)c4cn[nH]c4)cc3)C2)CC1. The largest absolute Gasteiger partial charge is 0.453 e. The summed E-state index contributed by atoms with van der Waals surface area (Å²) >= 11 is 0. The molecule has 232 valence electrons. The first kappa shape index (κ1) is 30.2. The molecule has 2 N–H and O–H groups in total. The molecule has 1 aliphatic carbocycles. The van der Waals surface area contributed by atoms with Gasteiger partial charge in [0.25, 0.3) is 0 Å². The highest BCUT2D eigenvalue weighted by atomic mass is 32.2. The second-order valence-electron chi connectivity index (χ2n) is 12.4. The number of piperidine rings is 1. The molecule has 10 nitrogen and oxygen atoms in total. The number of carbonyl (C=O) groups is 1. The number of sulfone groups is 1. The average Bonchev–Trinajstić information content (AvgIpc) is 3.75. The number of likely N-dealkylation sites (tertiary alicyclic amines) is 1. The predicted molar refractivity (Wildman–Crippen MR) is 166 cm³/mol. The van der Waals surface area contributed by atoms with E-state index >= 15 is 0 Å². The van der Waals surface area contributed by atoms with Gasteiger partial charge in [0.05, 0.1) is 29.7 Å². The maximum atomic E-state index is 12.7. The number of rotatable bonds is 9. The van der Waals surface area contributed by atoms with Crippen LogP contribution in [0.3, 0.4) is 0 Å². The minimum Gasteiger partial charge on any atom is -0.453 e. The van der Waals surface area contributed by atoms with E-state index in [4.69, 9.17) is 4.74 Å². The number of aromatic nitrogens is 2. The number of nitriles is 1. The predicted octanol–water partition coefficient (Wildman–Crippen LogP) is 4.38. The van der Waals surface area contributed by atoms with Crippen molar-refractivity contribution in [2.45, 2.75) is 53.4 Å². The van der Waals surface area contributed by atoms with Gasteiger partial charge < -0.3 is 19.9 Å². The fourth-order valence-electron chi connectivity index (χ4n) is 7.78. The third-order valence-electron chi connectivity index (χ3n) is 10.0. The Labute approximate surface area is 259 Å². The molecule has 0 radical (unpaired) electrons. The van der Waals surface area contributed by atoms with Gasteiger partial charge in [-0.2, -0.15) is 10.4 Å². The van der Waals surface area contributed by atoms with Crippen molar-refractivity contribution in [3.63, 3.8) is 0 Å². The van der Waals surface area contributed by atoms with Gasteiger partial charge in [-0.3, -0.25) is 5.10 Å². The molecule has 2 aliphatic heterocycles. The van der Waals surface area contributed by atoms with Crippen molar-refractivity contribution in [1.29, 1.82) is 5.26 Å². The Morgan fingerprint density at radius 3 is 2.43 bits per heavy atom. The van der Waals surface area contributed by atoms with E-state index < -0.39 is 21.3 Å². The fraction of sp³-hybridized carbons (Fsp3) is 0.485. The van der Waals surface area contributed by atoms with Crippen molar-refractivity contribution in [2.24, 2.45) is 17.8 Å². The summed E-state index contributed by atoms with van der Waals surface area (Å²) in [7, 11) is -2.18. The van der Waals surface area contributed by atoms with Crippen LogP contribution in [-0.4, -0.2) is 75.5 Å². The zero-order chi connectivity index (χ0) is 30.7. The van der Waals surface area contributed by atoms with Crippen LogP contribution >= 0.6 is 0 Å². The molecular weight excluding hydrogens is 576 g/mol. The van der Waals surface area contributed by atoms with Crippen LogP contribution in [0.15, 0.2) is 76.8 Å². The van der Waals surface area contributed by atoms with E-state index in [0.29, 0.717) is 5.92 Å². The first-order valence-electron chi connectivity index (χ1n) is 15.5. The molecule has 3 heterocycles. The van der Waals surface area contributed by atoms with E-state index in [-0.39, 0.29) is 27.7 Å². The number of hydrogen-bond donors (Lipinski definition) is 2. The molecule has 6 rings (SSSR count). The lowest BCUT2D eigenvalue weighted by Gasteiger charge is -2.48. The molecule has 0 bridgehead atoms. The molecule has 44 heavy (non-hydrogen) atoms. The monoisotopic (exact) mass is 616 g/mol. The molecule has 2 aromatic carbocycles. The van der Waals surface area contributed by atoms with E-state index in [1.165, 1.54) is 19.5 Å². The molecule has 2 saturated heterocycles. The zero-order valence-corrected chi connectivity index (χ0v) is 25.9. The van der Waals surface area contributed by atoms with Gasteiger partial charge in [0.15, 0.2) is 0 Å². The summed E-state index contributed by atoms with van der Waals surface area (Å²) in [6, 6.07) is 20.0. The minimum atomic E-state index is -3.57. The Kier molecular flexibility index (Phi) is 8.65. The van der Waals surface area contributed by atoms with Crippen LogP contribution in [-0.2, 0) is 20.0 Å². The van der Waals surface area contributed by atoms with Crippen molar-refractivity contribution in [3.05, 3.63) is 72.6 Å². The number of alkyl carbamates (subject to hydrolysis) is 1. The normalized spacial score (nSPS) is 23.0. The van der Waals surface area contributed by atoms with Crippen molar-refractivity contribution >= 4 is 21.6 Å². The van der Waals surface area contributed by atoms with Gasteiger partial charge in [-0.1, -0.05) is 36.8 Å². The molecule has 1 saturated carbocycles. The highest BCUT2D eigenvalue weighted by Gasteiger charge is 2.52. The Hall–Kier alpha value is -3.88. The van der Waals surface area contributed by atoms with Crippen LogP contribution in [0.2, 0.25) is 0 Å². The molecule has 3 atom stereocenters. The summed E-state index contributed by atoms with van der Waals surface area (Å²) in [5.41, 5.74) is 1.42. The first-order valence-corrected chi connectivity index (χ1v) is 17.0. The number of anilines is 1. The number of nitrogens with zero attached hydrogens (tertiary/aromatic N) is 4. The van der Waals surface area contributed by atoms with Crippen molar-refractivity contribution < 1.29 is 17.9 Å². The number of ether oxygens (including phenoxy) is 1. The second kappa shape index (κ2) is 12.6. The molecule has 2 unspecified atom stereocenters. The van der Waals surface area contributed by atoms with E-state index in [0.717, 1.165) is 76.1 Å². The maximum Gasteiger partial charge on any atom is 0.407 e. The lowest BCUT2D eigenvalue weighted by Crippen LogP contribution is -2.55. The number of methoxy groups -OCH3 is 1. The van der Waals surface area contributed by atoms with Crippen molar-refractivity contribution in [2.75, 3.05) is 44.7 Å². The van der Waals surface area contributed by atoms with Crippen LogP contribution in [0.5, 0.6) is 0 Å². The maximum absolute atomic E-state index is 12.7. The Balaban J connectivity index is 1.07. The quantitative estimate of drug-likeness (QED) is 0.362. The summed E-state index contributed by atoms with van der Waals surface area (Å²) < 4.78 is 30.4. The van der Waals surface area contributed by atoms with Crippen molar-refractivity contribution in [1.82, 2.24) is 20.4 Å². The zero-order valence-electron chi connectivity index (χ0n) is 25.1. The van der Waals surface area contributed by atoms with Gasteiger partial charge >= 0.3 is 6.09 Å². The van der Waals surface area contributed by atoms with Crippen LogP contribution in [0.1, 0.15) is 37.7 Å². The standard InChI is InChI=1S/C33H40N6O4S/c1-43-32(40)37-31-9-5-8-30(31)33(23-34,25-6-3-2-4-7-25)26-14-16-38(17-15-26)20-24-21-39(22-24)27-10-12-28(13-11-27)44(41,42)29-18-35-36-19-29/h2-4,6-7,10-13,18-19,24,26,30-31H,5,8-9,14-17,20-22H2,1H3,(H,35,36)(H,37,40)/t30-,31?,33?/m0/s1. The Bertz CT molecular complexity index is 1560. The number of H-pyrrole nitrogens is 1. The topological polar surface area (TPSA) is 131 Å². The molecule has 3 aliphatic rings. The number of benzene rings is 2. The van der Waals surface area contributed by atoms with Gasteiger partial charge in [-0.15, -0.1) is 0 Å². The van der Waals surface area contributed by atoms with Crippen LogP contribution in [0, 0.1) is 29.1 Å². The van der Waals surface area contributed by atoms with E-state index in [2.05, 4.69) is 43.5 Å². The lowest BCUT2D eigenvalue weighted by molar-refractivity contribution is 0.0939. The average molecular weight is 617 g/mol. The molecule has 0 spiro atoms. The summed E-state index contributed by atoms with van der Waals surface area (Å²) in [6.07, 6.45) is 6.90. The summed E-state index contributed by atoms with van der Waals surface area (Å²) in [4.78, 5) is 17.4. The molecule has 11 heteroatoms.